The molecule has 0 spiro atoms. The number of carbonyl (C=O) groups excluding carboxylic acids is 1. The molecule has 0 aromatic heterocycles. The van der Waals surface area contributed by atoms with Gasteiger partial charge in [-0.2, -0.15) is 0 Å². The third-order valence-corrected chi connectivity index (χ3v) is 3.49. The second kappa shape index (κ2) is 6.42. The topological polar surface area (TPSA) is 38.3 Å². The van der Waals surface area contributed by atoms with Crippen LogP contribution in [0.4, 0.5) is 10.5 Å². The number of rotatable bonds is 3. The van der Waals surface area contributed by atoms with Crippen LogP contribution in [0.1, 0.15) is 45.2 Å². The summed E-state index contributed by atoms with van der Waals surface area (Å²) in [6, 6.07) is 4.05. The van der Waals surface area contributed by atoms with Crippen LogP contribution in [-0.4, -0.2) is 11.7 Å². The minimum Gasteiger partial charge on any atom is -0.444 e. The van der Waals surface area contributed by atoms with Gasteiger partial charge in [-0.15, -0.1) is 0 Å². The Morgan fingerprint density at radius 1 is 1.37 bits per heavy atom. The monoisotopic (exact) mass is 327 g/mol. The van der Waals surface area contributed by atoms with Crippen molar-refractivity contribution in [2.24, 2.45) is 0 Å². The molecule has 1 rings (SSSR count). The number of ether oxygens (including phenoxy) is 1. The fraction of sp³-hybridized carbons (Fsp3) is 0.533. The van der Waals surface area contributed by atoms with Crippen LogP contribution >= 0.6 is 15.9 Å². The lowest BCUT2D eigenvalue weighted by atomic mass is 10.0. The standard InChI is InChI=1S/C15H22BrNO2/c1-6-7-11-8-9-12(16)10(2)13(11)17-14(18)19-15(3,4)5/h8-9H,6-7H2,1-5H3,(H,17,18). The number of amides is 1. The largest absolute Gasteiger partial charge is 0.444 e. The number of aryl methyl sites for hydroxylation is 1. The van der Waals surface area contributed by atoms with E-state index < -0.39 is 11.7 Å². The van der Waals surface area contributed by atoms with E-state index >= 15 is 0 Å². The summed E-state index contributed by atoms with van der Waals surface area (Å²) in [4.78, 5) is 11.9. The van der Waals surface area contributed by atoms with E-state index in [4.69, 9.17) is 4.74 Å². The van der Waals surface area contributed by atoms with Gasteiger partial charge in [-0.3, -0.25) is 5.32 Å². The van der Waals surface area contributed by atoms with Gasteiger partial charge in [0.2, 0.25) is 0 Å². The molecule has 0 aliphatic heterocycles. The van der Waals surface area contributed by atoms with Gasteiger partial charge in [0.05, 0.1) is 5.69 Å². The van der Waals surface area contributed by atoms with E-state index in [1.54, 1.807) is 0 Å². The maximum absolute atomic E-state index is 11.9. The smallest absolute Gasteiger partial charge is 0.412 e. The zero-order valence-corrected chi connectivity index (χ0v) is 13.8. The minimum absolute atomic E-state index is 0.411. The van der Waals surface area contributed by atoms with Gasteiger partial charge in [0, 0.05) is 4.47 Å². The van der Waals surface area contributed by atoms with E-state index in [1.807, 2.05) is 39.8 Å². The molecule has 1 N–H and O–H groups in total. The fourth-order valence-corrected chi connectivity index (χ4v) is 2.13. The first-order valence-corrected chi connectivity index (χ1v) is 7.32. The third kappa shape index (κ3) is 4.86. The molecule has 0 aliphatic rings. The lowest BCUT2D eigenvalue weighted by Crippen LogP contribution is -2.27. The van der Waals surface area contributed by atoms with Gasteiger partial charge in [-0.25, -0.2) is 4.79 Å². The summed E-state index contributed by atoms with van der Waals surface area (Å²) in [6.07, 6.45) is 1.55. The van der Waals surface area contributed by atoms with Gasteiger partial charge in [0.25, 0.3) is 0 Å². The van der Waals surface area contributed by atoms with Crippen molar-refractivity contribution in [3.63, 3.8) is 0 Å². The molecule has 0 heterocycles. The molecule has 1 aromatic carbocycles. The van der Waals surface area contributed by atoms with E-state index in [0.29, 0.717) is 0 Å². The highest BCUT2D eigenvalue weighted by atomic mass is 79.9. The van der Waals surface area contributed by atoms with Crippen LogP contribution in [0.25, 0.3) is 0 Å². The minimum atomic E-state index is -0.491. The highest BCUT2D eigenvalue weighted by molar-refractivity contribution is 9.10. The molecule has 106 valence electrons. The molecule has 0 atom stereocenters. The van der Waals surface area contributed by atoms with Crippen molar-refractivity contribution in [3.05, 3.63) is 27.7 Å². The van der Waals surface area contributed by atoms with Crippen molar-refractivity contribution in [1.29, 1.82) is 0 Å². The van der Waals surface area contributed by atoms with E-state index in [-0.39, 0.29) is 0 Å². The first-order valence-electron chi connectivity index (χ1n) is 6.52. The van der Waals surface area contributed by atoms with Gasteiger partial charge in [0.1, 0.15) is 5.60 Å². The number of hydrogen-bond donors (Lipinski definition) is 1. The number of halogens is 1. The summed E-state index contributed by atoms with van der Waals surface area (Å²) in [6.45, 7) is 9.67. The Kier molecular flexibility index (Phi) is 5.41. The lowest BCUT2D eigenvalue weighted by Gasteiger charge is -2.21. The molecule has 19 heavy (non-hydrogen) atoms. The number of anilines is 1. The second-order valence-corrected chi connectivity index (χ2v) is 6.44. The highest BCUT2D eigenvalue weighted by Crippen LogP contribution is 2.29. The van der Waals surface area contributed by atoms with E-state index in [0.717, 1.165) is 34.1 Å². The molecule has 4 heteroatoms. The average molecular weight is 328 g/mol. The van der Waals surface area contributed by atoms with E-state index in [1.165, 1.54) is 0 Å². The maximum atomic E-state index is 11.9. The average Bonchev–Trinajstić information content (AvgIpc) is 2.26. The van der Waals surface area contributed by atoms with E-state index in [9.17, 15) is 4.79 Å². The Labute approximate surface area is 123 Å². The SMILES string of the molecule is CCCc1ccc(Br)c(C)c1NC(=O)OC(C)(C)C. The molecule has 3 nitrogen and oxygen atoms in total. The van der Waals surface area contributed by atoms with Crippen LogP contribution in [0.3, 0.4) is 0 Å². The summed E-state index contributed by atoms with van der Waals surface area (Å²) in [5.74, 6) is 0. The first kappa shape index (κ1) is 16.0. The molecule has 0 unspecified atom stereocenters. The molecular formula is C15H22BrNO2. The Morgan fingerprint density at radius 3 is 2.53 bits per heavy atom. The summed E-state index contributed by atoms with van der Waals surface area (Å²) in [7, 11) is 0. The maximum Gasteiger partial charge on any atom is 0.412 e. The predicted molar refractivity (Wildman–Crippen MR) is 82.7 cm³/mol. The van der Waals surface area contributed by atoms with Crippen LogP contribution < -0.4 is 5.32 Å². The quantitative estimate of drug-likeness (QED) is 0.842. The summed E-state index contributed by atoms with van der Waals surface area (Å²) in [5, 5.41) is 2.87. The molecule has 0 saturated carbocycles. The van der Waals surface area contributed by atoms with Crippen LogP contribution in [0.5, 0.6) is 0 Å². The molecule has 0 bridgehead atoms. The zero-order valence-electron chi connectivity index (χ0n) is 12.3. The van der Waals surface area contributed by atoms with Gasteiger partial charge >= 0.3 is 6.09 Å². The van der Waals surface area contributed by atoms with Gasteiger partial charge in [0.15, 0.2) is 0 Å². The van der Waals surface area contributed by atoms with Gasteiger partial charge < -0.3 is 4.74 Å². The van der Waals surface area contributed by atoms with Gasteiger partial charge in [-0.1, -0.05) is 35.3 Å². The van der Waals surface area contributed by atoms with Crippen LogP contribution in [0, 0.1) is 6.92 Å². The number of carbonyl (C=O) groups is 1. The predicted octanol–water partition coefficient (Wildman–Crippen LogP) is 5.06. The van der Waals surface area contributed by atoms with Gasteiger partial charge in [-0.05, 0) is 51.3 Å². The molecular weight excluding hydrogens is 306 g/mol. The lowest BCUT2D eigenvalue weighted by molar-refractivity contribution is 0.0635. The Hall–Kier alpha value is -1.03. The van der Waals surface area contributed by atoms with Crippen LogP contribution in [-0.2, 0) is 11.2 Å². The molecule has 0 fully saturated rings. The van der Waals surface area contributed by atoms with Crippen molar-refractivity contribution >= 4 is 27.7 Å². The molecule has 1 aromatic rings. The Balaban J connectivity index is 2.98. The zero-order chi connectivity index (χ0) is 14.6. The van der Waals surface area contributed by atoms with E-state index in [2.05, 4.69) is 28.2 Å². The fourth-order valence-electron chi connectivity index (χ4n) is 1.80. The number of benzene rings is 1. The molecule has 0 saturated heterocycles. The number of nitrogens with one attached hydrogen (secondary N) is 1. The van der Waals surface area contributed by atoms with Crippen LogP contribution in [0.15, 0.2) is 16.6 Å². The molecule has 0 radical (unpaired) electrons. The van der Waals surface area contributed by atoms with Crippen molar-refractivity contribution < 1.29 is 9.53 Å². The Bertz CT molecular complexity index is 464. The second-order valence-electron chi connectivity index (χ2n) is 5.58. The summed E-state index contributed by atoms with van der Waals surface area (Å²) < 4.78 is 6.29. The highest BCUT2D eigenvalue weighted by Gasteiger charge is 2.18. The molecule has 1 amide bonds. The van der Waals surface area contributed by atoms with Crippen molar-refractivity contribution in [2.45, 2.75) is 53.1 Å². The first-order chi connectivity index (χ1) is 8.74. The third-order valence-electron chi connectivity index (χ3n) is 2.63. The summed E-state index contributed by atoms with van der Waals surface area (Å²) in [5.41, 5.74) is 2.52. The normalized spacial score (nSPS) is 11.3. The van der Waals surface area contributed by atoms with Crippen LogP contribution in [0.2, 0.25) is 0 Å². The molecule has 0 aliphatic carbocycles. The Morgan fingerprint density at radius 2 is 2.00 bits per heavy atom. The van der Waals surface area contributed by atoms with Crippen molar-refractivity contribution in [3.8, 4) is 0 Å². The number of hydrogen-bond acceptors (Lipinski definition) is 2. The van der Waals surface area contributed by atoms with Crippen molar-refractivity contribution in [1.82, 2.24) is 0 Å². The summed E-state index contributed by atoms with van der Waals surface area (Å²) >= 11 is 3.49. The van der Waals surface area contributed by atoms with Crippen molar-refractivity contribution in [2.75, 3.05) is 5.32 Å².